The monoisotopic (exact) mass is 437 g/mol. The normalized spacial score (nSPS) is 15.7. The summed E-state index contributed by atoms with van der Waals surface area (Å²) >= 11 is 0. The van der Waals surface area contributed by atoms with Crippen LogP contribution in [0.25, 0.3) is 0 Å². The van der Waals surface area contributed by atoms with Crippen molar-refractivity contribution in [2.24, 2.45) is 0 Å². The molecule has 0 saturated heterocycles. The summed E-state index contributed by atoms with van der Waals surface area (Å²) in [5.74, 6) is 0.530. The maximum absolute atomic E-state index is 12.6. The van der Waals surface area contributed by atoms with E-state index in [4.69, 9.17) is 9.47 Å². The minimum absolute atomic E-state index is 0.170. The highest BCUT2D eigenvalue weighted by molar-refractivity contribution is 5.75. The fraction of sp³-hybridized carbons (Fsp3) is 0.440. The van der Waals surface area contributed by atoms with Gasteiger partial charge in [-0.2, -0.15) is 0 Å². The number of nitrogens with one attached hydrogen (secondary N) is 1. The first-order chi connectivity index (χ1) is 15.6. The highest BCUT2D eigenvalue weighted by Gasteiger charge is 2.21. The maximum Gasteiger partial charge on any atom is 0.317 e. The molecule has 0 aliphatic carbocycles. The molecule has 0 radical (unpaired) electrons. The van der Waals surface area contributed by atoms with E-state index in [0.29, 0.717) is 26.3 Å². The highest BCUT2D eigenvalue weighted by atomic mass is 16.5. The number of carbonyl (C=O) groups is 2. The summed E-state index contributed by atoms with van der Waals surface area (Å²) in [7, 11) is 0. The van der Waals surface area contributed by atoms with Crippen molar-refractivity contribution in [1.82, 2.24) is 15.1 Å². The zero-order valence-corrected chi connectivity index (χ0v) is 18.6. The van der Waals surface area contributed by atoms with Gasteiger partial charge in [-0.15, -0.1) is 0 Å². The zero-order chi connectivity index (χ0) is 22.3. The van der Waals surface area contributed by atoms with Gasteiger partial charge in [-0.25, -0.2) is 4.79 Å². The SMILES string of the molecule is CCOC(=O)CCNC(=O)N1CCOc2ccc(CN3CCc4ccccc4C3)cc2C1. The second-order valence-electron chi connectivity index (χ2n) is 8.23. The van der Waals surface area contributed by atoms with Crippen molar-refractivity contribution in [2.45, 2.75) is 39.4 Å². The molecule has 0 aromatic heterocycles. The Labute approximate surface area is 189 Å². The van der Waals surface area contributed by atoms with Crippen molar-refractivity contribution in [2.75, 3.05) is 32.8 Å². The quantitative estimate of drug-likeness (QED) is 0.704. The first-order valence-electron chi connectivity index (χ1n) is 11.3. The number of urea groups is 1. The molecule has 2 aromatic carbocycles. The third-order valence-corrected chi connectivity index (χ3v) is 5.92. The predicted octanol–water partition coefficient (Wildman–Crippen LogP) is 3.10. The lowest BCUT2D eigenvalue weighted by Gasteiger charge is -2.29. The predicted molar refractivity (Wildman–Crippen MR) is 121 cm³/mol. The molecule has 0 spiro atoms. The first-order valence-corrected chi connectivity index (χ1v) is 11.3. The Hall–Kier alpha value is -3.06. The smallest absolute Gasteiger partial charge is 0.317 e. The topological polar surface area (TPSA) is 71.1 Å². The molecule has 2 aliphatic heterocycles. The van der Waals surface area contributed by atoms with E-state index < -0.39 is 0 Å². The first kappa shape index (κ1) is 22.1. The summed E-state index contributed by atoms with van der Waals surface area (Å²) < 4.78 is 10.8. The van der Waals surface area contributed by atoms with Crippen LogP contribution in [0.15, 0.2) is 42.5 Å². The standard InChI is InChI=1S/C25H31N3O4/c1-2-31-24(29)9-11-26-25(30)28-13-14-32-23-8-7-19(15-22(23)18-28)16-27-12-10-20-5-3-4-6-21(20)17-27/h3-8,15H,2,9-14,16-18H2,1H3,(H,26,30). The van der Waals surface area contributed by atoms with Gasteiger partial charge in [0.1, 0.15) is 12.4 Å². The zero-order valence-electron chi connectivity index (χ0n) is 18.6. The number of carbonyl (C=O) groups excluding carboxylic acids is 2. The van der Waals surface area contributed by atoms with Gasteiger partial charge < -0.3 is 19.7 Å². The van der Waals surface area contributed by atoms with Crippen molar-refractivity contribution in [3.05, 3.63) is 64.7 Å². The number of nitrogens with zero attached hydrogens (tertiary/aromatic N) is 2. The van der Waals surface area contributed by atoms with Gasteiger partial charge in [0.2, 0.25) is 0 Å². The molecule has 32 heavy (non-hydrogen) atoms. The molecule has 4 rings (SSSR count). The molecule has 2 heterocycles. The molecule has 1 N–H and O–H groups in total. The van der Waals surface area contributed by atoms with Crippen LogP contribution >= 0.6 is 0 Å². The molecule has 7 nitrogen and oxygen atoms in total. The van der Waals surface area contributed by atoms with Gasteiger partial charge in [0, 0.05) is 31.7 Å². The van der Waals surface area contributed by atoms with Crippen LogP contribution < -0.4 is 10.1 Å². The van der Waals surface area contributed by atoms with Crippen LogP contribution in [0, 0.1) is 0 Å². The molecule has 2 amide bonds. The molecule has 7 heteroatoms. The molecular weight excluding hydrogens is 406 g/mol. The summed E-state index contributed by atoms with van der Waals surface area (Å²) in [5, 5.41) is 2.81. The number of ether oxygens (including phenoxy) is 2. The Balaban J connectivity index is 1.36. The second kappa shape index (κ2) is 10.5. The van der Waals surface area contributed by atoms with Gasteiger partial charge in [-0.1, -0.05) is 30.3 Å². The summed E-state index contributed by atoms with van der Waals surface area (Å²) in [5.41, 5.74) is 5.08. The minimum atomic E-state index is -0.303. The maximum atomic E-state index is 12.6. The van der Waals surface area contributed by atoms with Crippen LogP contribution in [0.3, 0.4) is 0 Å². The Morgan fingerprint density at radius 1 is 1.06 bits per heavy atom. The van der Waals surface area contributed by atoms with Crippen molar-refractivity contribution in [3.8, 4) is 5.75 Å². The molecule has 2 aliphatic rings. The van der Waals surface area contributed by atoms with Crippen LogP contribution in [0.4, 0.5) is 4.79 Å². The lowest BCUT2D eigenvalue weighted by atomic mass is 9.99. The lowest BCUT2D eigenvalue weighted by molar-refractivity contribution is -0.142. The molecule has 0 bridgehead atoms. The van der Waals surface area contributed by atoms with Crippen LogP contribution in [0.1, 0.15) is 35.6 Å². The van der Waals surface area contributed by atoms with Crippen LogP contribution in [0.5, 0.6) is 5.75 Å². The van der Waals surface area contributed by atoms with Gasteiger partial charge >= 0.3 is 12.0 Å². The van der Waals surface area contributed by atoms with Gasteiger partial charge in [0.05, 0.1) is 26.1 Å². The van der Waals surface area contributed by atoms with Gasteiger partial charge in [-0.3, -0.25) is 9.69 Å². The van der Waals surface area contributed by atoms with Crippen molar-refractivity contribution in [3.63, 3.8) is 0 Å². The fourth-order valence-corrected chi connectivity index (χ4v) is 4.28. The lowest BCUT2D eigenvalue weighted by Crippen LogP contribution is -2.41. The highest BCUT2D eigenvalue weighted by Crippen LogP contribution is 2.26. The molecule has 2 aromatic rings. The van der Waals surface area contributed by atoms with E-state index in [1.54, 1.807) is 11.8 Å². The molecule has 0 fully saturated rings. The van der Waals surface area contributed by atoms with Gasteiger partial charge in [0.25, 0.3) is 0 Å². The summed E-state index contributed by atoms with van der Waals surface area (Å²) in [6.07, 6.45) is 1.24. The number of rotatable bonds is 6. The summed E-state index contributed by atoms with van der Waals surface area (Å²) in [6, 6.07) is 14.8. The van der Waals surface area contributed by atoms with E-state index in [1.165, 1.54) is 16.7 Å². The van der Waals surface area contributed by atoms with Crippen molar-refractivity contribution < 1.29 is 19.1 Å². The van der Waals surface area contributed by atoms with Crippen LogP contribution in [-0.4, -0.2) is 54.6 Å². The minimum Gasteiger partial charge on any atom is -0.491 e. The number of esters is 1. The van der Waals surface area contributed by atoms with Gasteiger partial charge in [0.15, 0.2) is 0 Å². The van der Waals surface area contributed by atoms with Crippen LogP contribution in [-0.2, 0) is 35.6 Å². The van der Waals surface area contributed by atoms with E-state index in [2.05, 4.69) is 46.6 Å². The van der Waals surface area contributed by atoms with E-state index in [-0.39, 0.29) is 25.0 Å². The molecule has 0 atom stereocenters. The van der Waals surface area contributed by atoms with Gasteiger partial charge in [-0.05, 0) is 42.2 Å². The van der Waals surface area contributed by atoms with E-state index in [0.717, 1.165) is 37.4 Å². The van der Waals surface area contributed by atoms with E-state index in [9.17, 15) is 9.59 Å². The van der Waals surface area contributed by atoms with Crippen molar-refractivity contribution in [1.29, 1.82) is 0 Å². The van der Waals surface area contributed by atoms with Crippen LogP contribution in [0.2, 0.25) is 0 Å². The average Bonchev–Trinajstić information content (AvgIpc) is 3.01. The number of amides is 2. The largest absolute Gasteiger partial charge is 0.491 e. The number of hydrogen-bond donors (Lipinski definition) is 1. The summed E-state index contributed by atoms with van der Waals surface area (Å²) in [6.45, 7) is 6.67. The van der Waals surface area contributed by atoms with E-state index >= 15 is 0 Å². The third-order valence-electron chi connectivity index (χ3n) is 5.92. The van der Waals surface area contributed by atoms with E-state index in [1.807, 2.05) is 6.07 Å². The Morgan fingerprint density at radius 3 is 2.75 bits per heavy atom. The molecule has 0 unspecified atom stereocenters. The average molecular weight is 438 g/mol. The number of fused-ring (bicyclic) bond motifs is 2. The number of benzene rings is 2. The van der Waals surface area contributed by atoms with Crippen molar-refractivity contribution >= 4 is 12.0 Å². The molecule has 170 valence electrons. The molecule has 0 saturated carbocycles. The fourth-order valence-electron chi connectivity index (χ4n) is 4.28. The Kier molecular flexibility index (Phi) is 7.27. The Bertz CT molecular complexity index is 962. The Morgan fingerprint density at radius 2 is 1.91 bits per heavy atom. The second-order valence-corrected chi connectivity index (χ2v) is 8.23. The third kappa shape index (κ3) is 5.59. The number of hydrogen-bond acceptors (Lipinski definition) is 5. The summed E-state index contributed by atoms with van der Waals surface area (Å²) in [4.78, 5) is 28.3. The molecular formula is C25H31N3O4.